The lowest BCUT2D eigenvalue weighted by atomic mass is 9.70. The largest absolute Gasteiger partial charge is 0.507 e. The van der Waals surface area contributed by atoms with Gasteiger partial charge in [-0.25, -0.2) is 0 Å². The monoisotopic (exact) mass is 575 g/mol. The zero-order chi connectivity index (χ0) is 30.4. The van der Waals surface area contributed by atoms with Crippen molar-refractivity contribution in [1.82, 2.24) is 9.80 Å². The Hall–Kier alpha value is -4.98. The third-order valence-corrected chi connectivity index (χ3v) is 8.43. The molecule has 1 unspecified atom stereocenters. The van der Waals surface area contributed by atoms with Gasteiger partial charge < -0.3 is 20.2 Å². The number of hydrogen-bond donors (Lipinski definition) is 2. The van der Waals surface area contributed by atoms with E-state index in [1.807, 2.05) is 74.5 Å². The van der Waals surface area contributed by atoms with E-state index in [0.29, 0.717) is 12.1 Å². The van der Waals surface area contributed by atoms with E-state index in [-0.39, 0.29) is 48.5 Å². The van der Waals surface area contributed by atoms with Crippen LogP contribution in [0.1, 0.15) is 37.8 Å². The van der Waals surface area contributed by atoms with Crippen LogP contribution in [0, 0.1) is 5.41 Å². The lowest BCUT2D eigenvalue weighted by Gasteiger charge is -2.37. The van der Waals surface area contributed by atoms with Crippen LogP contribution in [0.25, 0.3) is 5.76 Å². The average Bonchev–Trinajstić information content (AvgIpc) is 3.36. The number of ketones is 2. The van der Waals surface area contributed by atoms with Gasteiger partial charge >= 0.3 is 0 Å². The lowest BCUT2D eigenvalue weighted by molar-refractivity contribution is -0.145. The van der Waals surface area contributed by atoms with Crippen LogP contribution in [0.3, 0.4) is 0 Å². The highest BCUT2D eigenvalue weighted by molar-refractivity contribution is 6.50. The number of fused-ring (bicyclic) bond motifs is 1. The quantitative estimate of drug-likeness (QED) is 0.236. The van der Waals surface area contributed by atoms with Gasteiger partial charge in [0, 0.05) is 36.5 Å². The maximum absolute atomic E-state index is 15.0. The molecular weight excluding hydrogens is 542 g/mol. The molecule has 0 aromatic heterocycles. The highest BCUT2D eigenvalue weighted by Gasteiger charge is 2.70. The second-order valence-electron chi connectivity index (χ2n) is 12.0. The number of likely N-dealkylation sites (tertiary alicyclic amines) is 1. The van der Waals surface area contributed by atoms with Crippen LogP contribution in [0.2, 0.25) is 0 Å². The summed E-state index contributed by atoms with van der Waals surface area (Å²) in [6.07, 6.45) is 0.532. The molecular formula is C35H33N3O5. The van der Waals surface area contributed by atoms with Gasteiger partial charge in [-0.05, 0) is 29.5 Å². The number of benzene rings is 3. The number of aliphatic hydroxyl groups excluding tert-OH is 1. The Bertz CT molecular complexity index is 1680. The summed E-state index contributed by atoms with van der Waals surface area (Å²) in [5, 5.41) is 14.9. The maximum atomic E-state index is 15.0. The van der Waals surface area contributed by atoms with Gasteiger partial charge in [-0.1, -0.05) is 92.7 Å². The molecule has 2 amide bonds. The number of amides is 2. The number of allylic oxidation sites excluding steroid dienone is 1. The summed E-state index contributed by atoms with van der Waals surface area (Å²) < 4.78 is 0. The molecule has 1 aliphatic carbocycles. The highest BCUT2D eigenvalue weighted by Crippen LogP contribution is 2.54. The summed E-state index contributed by atoms with van der Waals surface area (Å²) in [6, 6.07) is 27.1. The van der Waals surface area contributed by atoms with E-state index >= 15 is 0 Å². The third-order valence-electron chi connectivity index (χ3n) is 8.43. The number of aliphatic hydroxyl groups is 1. The molecule has 2 aliphatic heterocycles. The first-order valence-corrected chi connectivity index (χ1v) is 14.4. The molecule has 0 saturated carbocycles. The fourth-order valence-corrected chi connectivity index (χ4v) is 6.61. The van der Waals surface area contributed by atoms with Gasteiger partial charge in [-0.15, -0.1) is 0 Å². The molecule has 2 heterocycles. The van der Waals surface area contributed by atoms with E-state index in [1.165, 1.54) is 4.90 Å². The first-order chi connectivity index (χ1) is 20.6. The second-order valence-corrected chi connectivity index (χ2v) is 12.0. The number of nitrogens with one attached hydrogen (secondary N) is 1. The van der Waals surface area contributed by atoms with Crippen molar-refractivity contribution < 1.29 is 24.3 Å². The molecule has 6 rings (SSSR count). The predicted octanol–water partition coefficient (Wildman–Crippen LogP) is 4.90. The van der Waals surface area contributed by atoms with Gasteiger partial charge in [0.25, 0.3) is 17.6 Å². The smallest absolute Gasteiger partial charge is 0.296 e. The Labute approximate surface area is 250 Å². The average molecular weight is 576 g/mol. The van der Waals surface area contributed by atoms with E-state index in [4.69, 9.17) is 0 Å². The van der Waals surface area contributed by atoms with Crippen LogP contribution in [-0.2, 0) is 25.7 Å². The maximum Gasteiger partial charge on any atom is 0.296 e. The number of Topliss-reactive ketones (excluding diaryl/α,β-unsaturated/α-hetero) is 2. The van der Waals surface area contributed by atoms with Gasteiger partial charge in [0.15, 0.2) is 11.3 Å². The Kier molecular flexibility index (Phi) is 7.00. The van der Waals surface area contributed by atoms with Crippen LogP contribution in [0.4, 0.5) is 5.69 Å². The topological polar surface area (TPSA) is 107 Å². The van der Waals surface area contributed by atoms with Crippen LogP contribution in [0.5, 0.6) is 0 Å². The molecule has 3 aromatic carbocycles. The first-order valence-electron chi connectivity index (χ1n) is 14.4. The zero-order valence-corrected chi connectivity index (χ0v) is 24.2. The molecule has 8 nitrogen and oxygen atoms in total. The Morgan fingerprint density at radius 2 is 1.44 bits per heavy atom. The normalized spacial score (nSPS) is 22.5. The number of anilines is 1. The van der Waals surface area contributed by atoms with Crippen LogP contribution in [-0.4, -0.2) is 56.9 Å². The first kappa shape index (κ1) is 28.2. The zero-order valence-electron chi connectivity index (χ0n) is 24.2. The molecule has 1 atom stereocenters. The van der Waals surface area contributed by atoms with Crippen LogP contribution >= 0.6 is 0 Å². The predicted molar refractivity (Wildman–Crippen MR) is 162 cm³/mol. The van der Waals surface area contributed by atoms with Crippen molar-refractivity contribution in [3.05, 3.63) is 119 Å². The van der Waals surface area contributed by atoms with Crippen molar-refractivity contribution in [3.63, 3.8) is 0 Å². The SMILES string of the molecule is CC1(C)CC(=O)C2=C(C1)N(Cc1ccccc1)C(=O)C21/C(=C(\O)c2ccccc2)C(=O)C(=O)N1CCNc1ccccc1. The van der Waals surface area contributed by atoms with Crippen molar-refractivity contribution in [2.24, 2.45) is 5.41 Å². The molecule has 8 heteroatoms. The summed E-state index contributed by atoms with van der Waals surface area (Å²) in [6.45, 7) is 4.24. The van der Waals surface area contributed by atoms with Gasteiger partial charge in [0.1, 0.15) is 5.76 Å². The van der Waals surface area contributed by atoms with E-state index in [9.17, 15) is 24.3 Å². The summed E-state index contributed by atoms with van der Waals surface area (Å²) in [4.78, 5) is 59.6. The number of rotatable bonds is 7. The van der Waals surface area contributed by atoms with Crippen molar-refractivity contribution in [2.75, 3.05) is 18.4 Å². The molecule has 0 radical (unpaired) electrons. The number of hydrogen-bond acceptors (Lipinski definition) is 6. The van der Waals surface area contributed by atoms with E-state index in [1.54, 1.807) is 35.2 Å². The number of nitrogens with zero attached hydrogens (tertiary/aromatic N) is 2. The summed E-state index contributed by atoms with van der Waals surface area (Å²) in [5.74, 6) is -3.27. The van der Waals surface area contributed by atoms with Crippen molar-refractivity contribution in [2.45, 2.75) is 38.8 Å². The fourth-order valence-electron chi connectivity index (χ4n) is 6.61. The third kappa shape index (κ3) is 4.63. The minimum absolute atomic E-state index is 0.0522. The van der Waals surface area contributed by atoms with Gasteiger partial charge in [-0.3, -0.25) is 19.2 Å². The minimum atomic E-state index is -2.08. The van der Waals surface area contributed by atoms with Crippen LogP contribution in [0.15, 0.2) is 108 Å². The van der Waals surface area contributed by atoms with Gasteiger partial charge in [0.05, 0.1) is 17.7 Å². The molecule has 1 fully saturated rings. The van der Waals surface area contributed by atoms with Gasteiger partial charge in [0.2, 0.25) is 0 Å². The van der Waals surface area contributed by atoms with Crippen LogP contribution < -0.4 is 5.32 Å². The van der Waals surface area contributed by atoms with Crippen molar-refractivity contribution >= 4 is 34.8 Å². The molecule has 218 valence electrons. The number of carbonyl (C=O) groups is 4. The van der Waals surface area contributed by atoms with Crippen molar-refractivity contribution in [1.29, 1.82) is 0 Å². The molecule has 2 N–H and O–H groups in total. The van der Waals surface area contributed by atoms with Gasteiger partial charge in [-0.2, -0.15) is 0 Å². The second kappa shape index (κ2) is 10.7. The molecule has 1 spiro atoms. The molecule has 0 bridgehead atoms. The molecule has 3 aliphatic rings. The number of carbonyl (C=O) groups excluding carboxylic acids is 4. The highest BCUT2D eigenvalue weighted by atomic mass is 16.3. The molecule has 3 aromatic rings. The molecule has 43 heavy (non-hydrogen) atoms. The minimum Gasteiger partial charge on any atom is -0.507 e. The van der Waals surface area contributed by atoms with E-state index in [2.05, 4.69) is 5.32 Å². The lowest BCUT2D eigenvalue weighted by Crippen LogP contribution is -2.57. The summed E-state index contributed by atoms with van der Waals surface area (Å²) in [7, 11) is 0. The number of para-hydroxylation sites is 1. The summed E-state index contributed by atoms with van der Waals surface area (Å²) in [5.41, 5.74) is -0.357. The Balaban J connectivity index is 1.56. The van der Waals surface area contributed by atoms with E-state index in [0.717, 1.165) is 11.3 Å². The fraction of sp³-hybridized carbons (Fsp3) is 0.257. The standard InChI is InChI=1S/C35H33N3O5/c1-34(2)20-26-28(27(39)21-34)35(33(43)37(26)22-23-12-6-3-7-13-23)29(30(40)24-14-8-4-9-15-24)31(41)32(42)38(35)19-18-36-25-16-10-5-11-17-25/h3-17,36,40H,18-22H2,1-2H3/b30-29-. The van der Waals surface area contributed by atoms with Crippen molar-refractivity contribution in [3.8, 4) is 0 Å². The molecule has 1 saturated heterocycles. The Morgan fingerprint density at radius 1 is 0.837 bits per heavy atom. The summed E-state index contributed by atoms with van der Waals surface area (Å²) >= 11 is 0. The Morgan fingerprint density at radius 3 is 2.09 bits per heavy atom. The van der Waals surface area contributed by atoms with E-state index < -0.39 is 34.3 Å².